The molecule has 2 fully saturated rings. The van der Waals surface area contributed by atoms with E-state index in [0.29, 0.717) is 71.9 Å². The van der Waals surface area contributed by atoms with Gasteiger partial charge in [0.2, 0.25) is 0 Å². The van der Waals surface area contributed by atoms with E-state index in [0.717, 1.165) is 6.42 Å². The second kappa shape index (κ2) is 10.1. The molecule has 9 nitrogen and oxygen atoms in total. The summed E-state index contributed by atoms with van der Waals surface area (Å²) in [6.45, 7) is 5.12. The zero-order chi connectivity index (χ0) is 18.1. The maximum Gasteiger partial charge on any atom is 0.320 e. The molecule has 2 heterocycles. The largest absolute Gasteiger partial charge is 0.469 e. The number of hydrogen-bond acceptors (Lipinski definition) is 5. The van der Waals surface area contributed by atoms with Crippen LogP contribution >= 0.6 is 0 Å². The normalized spacial score (nSPS) is 18.0. The van der Waals surface area contributed by atoms with Crippen molar-refractivity contribution in [3.8, 4) is 0 Å². The number of esters is 1. The summed E-state index contributed by atoms with van der Waals surface area (Å²) >= 11 is 0. The molecule has 25 heavy (non-hydrogen) atoms. The maximum atomic E-state index is 12.4. The predicted octanol–water partition coefficient (Wildman–Crippen LogP) is 0.109. The molecule has 2 rings (SSSR count). The molecular weight excluding hydrogens is 328 g/mol. The van der Waals surface area contributed by atoms with Gasteiger partial charge in [-0.25, -0.2) is 9.59 Å². The van der Waals surface area contributed by atoms with E-state index in [1.807, 2.05) is 0 Å². The number of carbonyl (C=O) groups excluding carboxylic acids is 3. The van der Waals surface area contributed by atoms with Crippen LogP contribution in [0.15, 0.2) is 0 Å². The molecule has 0 aromatic heterocycles. The Balaban J connectivity index is 1.61. The van der Waals surface area contributed by atoms with Crippen molar-refractivity contribution < 1.29 is 23.9 Å². The van der Waals surface area contributed by atoms with Gasteiger partial charge in [-0.3, -0.25) is 4.79 Å². The van der Waals surface area contributed by atoms with E-state index >= 15 is 0 Å². The van der Waals surface area contributed by atoms with Crippen LogP contribution in [-0.4, -0.2) is 98.9 Å². The van der Waals surface area contributed by atoms with Gasteiger partial charge in [0.25, 0.3) is 0 Å². The van der Waals surface area contributed by atoms with E-state index in [2.05, 4.69) is 10.1 Å². The first kappa shape index (κ1) is 19.3. The van der Waals surface area contributed by atoms with Crippen molar-refractivity contribution in [2.45, 2.75) is 19.3 Å². The zero-order valence-corrected chi connectivity index (χ0v) is 14.9. The summed E-state index contributed by atoms with van der Waals surface area (Å²) in [5.74, 6) is -0.229. The van der Waals surface area contributed by atoms with Gasteiger partial charge in [0, 0.05) is 52.2 Å². The highest BCUT2D eigenvalue weighted by Crippen LogP contribution is 2.08. The van der Waals surface area contributed by atoms with Gasteiger partial charge in [0.15, 0.2) is 0 Å². The van der Waals surface area contributed by atoms with Gasteiger partial charge in [0.05, 0.1) is 20.3 Å². The first-order valence-corrected chi connectivity index (χ1v) is 8.83. The fraction of sp³-hybridized carbons (Fsp3) is 0.812. The number of methoxy groups -OCH3 is 1. The first-order chi connectivity index (χ1) is 12.1. The van der Waals surface area contributed by atoms with Crippen LogP contribution in [0, 0.1) is 0 Å². The van der Waals surface area contributed by atoms with Crippen LogP contribution in [0.1, 0.15) is 19.3 Å². The van der Waals surface area contributed by atoms with Gasteiger partial charge in [0.1, 0.15) is 0 Å². The van der Waals surface area contributed by atoms with Crippen LogP contribution in [0.25, 0.3) is 0 Å². The van der Waals surface area contributed by atoms with Gasteiger partial charge >= 0.3 is 18.0 Å². The molecule has 142 valence electrons. The molecule has 2 saturated heterocycles. The summed E-state index contributed by atoms with van der Waals surface area (Å²) in [6, 6.07) is -0.0808. The minimum atomic E-state index is -0.229. The molecule has 0 aromatic rings. The lowest BCUT2D eigenvalue weighted by atomic mass is 10.2. The van der Waals surface area contributed by atoms with Crippen LogP contribution in [0.4, 0.5) is 9.59 Å². The molecule has 0 radical (unpaired) electrons. The molecule has 2 aliphatic heterocycles. The Morgan fingerprint density at radius 3 is 2.16 bits per heavy atom. The highest BCUT2D eigenvalue weighted by atomic mass is 16.5. The molecule has 4 amide bonds. The van der Waals surface area contributed by atoms with Crippen molar-refractivity contribution in [3.05, 3.63) is 0 Å². The molecule has 9 heteroatoms. The number of carbonyl (C=O) groups is 3. The Bertz CT molecular complexity index is 459. The Morgan fingerprint density at radius 2 is 1.52 bits per heavy atom. The lowest BCUT2D eigenvalue weighted by Crippen LogP contribution is -2.57. The molecule has 2 aliphatic rings. The number of morpholine rings is 1. The summed E-state index contributed by atoms with van der Waals surface area (Å²) in [4.78, 5) is 40.8. The van der Waals surface area contributed by atoms with Gasteiger partial charge in [-0.1, -0.05) is 0 Å². The first-order valence-electron chi connectivity index (χ1n) is 8.83. The molecule has 0 atom stereocenters. The molecule has 0 aromatic carbocycles. The third-order valence-electron chi connectivity index (χ3n) is 4.43. The van der Waals surface area contributed by atoms with Crippen LogP contribution in [0.5, 0.6) is 0 Å². The van der Waals surface area contributed by atoms with Crippen LogP contribution in [0.3, 0.4) is 0 Å². The number of unbranched alkanes of at least 4 members (excludes halogenated alkanes) is 1. The predicted molar refractivity (Wildman–Crippen MR) is 90.2 cm³/mol. The number of ether oxygens (including phenoxy) is 2. The molecule has 0 bridgehead atoms. The average molecular weight is 356 g/mol. The van der Waals surface area contributed by atoms with Crippen molar-refractivity contribution >= 4 is 18.0 Å². The number of urea groups is 2. The zero-order valence-electron chi connectivity index (χ0n) is 14.9. The summed E-state index contributed by atoms with van der Waals surface area (Å²) in [6.07, 6.45) is 1.79. The van der Waals surface area contributed by atoms with E-state index in [9.17, 15) is 14.4 Å². The second-order valence-electron chi connectivity index (χ2n) is 6.12. The topological polar surface area (TPSA) is 91.4 Å². The van der Waals surface area contributed by atoms with Crippen molar-refractivity contribution in [2.24, 2.45) is 0 Å². The van der Waals surface area contributed by atoms with Crippen molar-refractivity contribution in [3.63, 3.8) is 0 Å². The average Bonchev–Trinajstić information content (AvgIpc) is 2.67. The number of amides is 4. The minimum absolute atomic E-state index is 0.0335. The number of rotatable bonds is 5. The lowest BCUT2D eigenvalue weighted by Gasteiger charge is -2.38. The lowest BCUT2D eigenvalue weighted by molar-refractivity contribution is -0.140. The fourth-order valence-corrected chi connectivity index (χ4v) is 2.86. The molecule has 1 N–H and O–H groups in total. The van der Waals surface area contributed by atoms with Crippen LogP contribution in [0.2, 0.25) is 0 Å². The highest BCUT2D eigenvalue weighted by Gasteiger charge is 2.27. The maximum absolute atomic E-state index is 12.4. The Kier molecular flexibility index (Phi) is 7.77. The second-order valence-corrected chi connectivity index (χ2v) is 6.12. The number of nitrogens with one attached hydrogen (secondary N) is 1. The standard InChI is InChI=1S/C16H28N4O5/c1-24-14(21)4-2-3-5-17-15(22)18-6-8-19(9-7-18)16(23)20-10-12-25-13-11-20/h2-13H2,1H3,(H,17,22). The van der Waals surface area contributed by atoms with Crippen LogP contribution in [-0.2, 0) is 14.3 Å². The Labute approximate surface area is 148 Å². The van der Waals surface area contributed by atoms with E-state index in [4.69, 9.17) is 4.74 Å². The molecule has 0 aliphatic carbocycles. The number of nitrogens with zero attached hydrogens (tertiary/aromatic N) is 3. The van der Waals surface area contributed by atoms with Crippen molar-refractivity contribution in [2.75, 3.05) is 66.1 Å². The minimum Gasteiger partial charge on any atom is -0.469 e. The smallest absolute Gasteiger partial charge is 0.320 e. The number of hydrogen-bond donors (Lipinski definition) is 1. The summed E-state index contributed by atoms with van der Waals surface area (Å²) in [5, 5.41) is 2.86. The molecular formula is C16H28N4O5. The van der Waals surface area contributed by atoms with Crippen molar-refractivity contribution in [1.29, 1.82) is 0 Å². The SMILES string of the molecule is COC(=O)CCCCNC(=O)N1CCN(C(=O)N2CCOCC2)CC1. The Morgan fingerprint density at radius 1 is 0.920 bits per heavy atom. The van der Waals surface area contributed by atoms with Gasteiger partial charge < -0.3 is 29.5 Å². The summed E-state index contributed by atoms with van der Waals surface area (Å²) < 4.78 is 9.83. The fourth-order valence-electron chi connectivity index (χ4n) is 2.86. The highest BCUT2D eigenvalue weighted by molar-refractivity contribution is 5.76. The summed E-state index contributed by atoms with van der Waals surface area (Å²) in [7, 11) is 1.37. The quantitative estimate of drug-likeness (QED) is 0.558. The third-order valence-corrected chi connectivity index (χ3v) is 4.43. The van der Waals surface area contributed by atoms with E-state index in [1.54, 1.807) is 14.7 Å². The third kappa shape index (κ3) is 6.08. The van der Waals surface area contributed by atoms with E-state index in [1.165, 1.54) is 7.11 Å². The summed E-state index contributed by atoms with van der Waals surface area (Å²) in [5.41, 5.74) is 0. The van der Waals surface area contributed by atoms with Gasteiger partial charge in [-0.2, -0.15) is 0 Å². The van der Waals surface area contributed by atoms with E-state index < -0.39 is 0 Å². The molecule has 0 unspecified atom stereocenters. The molecule has 0 spiro atoms. The van der Waals surface area contributed by atoms with Gasteiger partial charge in [-0.15, -0.1) is 0 Å². The van der Waals surface area contributed by atoms with Gasteiger partial charge in [-0.05, 0) is 12.8 Å². The Hall–Kier alpha value is -2.03. The van der Waals surface area contributed by atoms with Crippen LogP contribution < -0.4 is 5.32 Å². The monoisotopic (exact) mass is 356 g/mol. The van der Waals surface area contributed by atoms with Crippen molar-refractivity contribution in [1.82, 2.24) is 20.0 Å². The molecule has 0 saturated carbocycles. The number of piperazine rings is 1. The van der Waals surface area contributed by atoms with E-state index in [-0.39, 0.29) is 18.0 Å².